The van der Waals surface area contributed by atoms with Gasteiger partial charge >= 0.3 is 5.97 Å². The third kappa shape index (κ3) is 3.23. The molecule has 0 saturated heterocycles. The fraction of sp³-hybridized carbons (Fsp3) is 0.364. The Bertz CT molecular complexity index is 386. The lowest BCUT2D eigenvalue weighted by Gasteiger charge is -2.23. The van der Waals surface area contributed by atoms with Gasteiger partial charge in [-0.2, -0.15) is 0 Å². The predicted molar refractivity (Wildman–Crippen MR) is 70.0 cm³/mol. The molecule has 1 atom stereocenters. The van der Waals surface area contributed by atoms with Crippen molar-refractivity contribution < 1.29 is 9.90 Å². The number of aliphatic carboxylic acids is 1. The number of thioether (sulfide) groups is 1. The van der Waals surface area contributed by atoms with Gasteiger partial charge in [0, 0.05) is 15.1 Å². The van der Waals surface area contributed by atoms with E-state index < -0.39 is 11.5 Å². The number of likely N-dealkylation sites (N-methyl/N-ethyl adjacent to an activating group) is 1. The number of benzene rings is 1. The summed E-state index contributed by atoms with van der Waals surface area (Å²) >= 11 is 4.95. The van der Waals surface area contributed by atoms with Crippen LogP contribution in [0, 0.1) is 0 Å². The largest absolute Gasteiger partial charge is 0.480 e. The van der Waals surface area contributed by atoms with E-state index in [1.165, 1.54) is 11.8 Å². The quantitative estimate of drug-likeness (QED) is 0.821. The maximum atomic E-state index is 11.1. The van der Waals surface area contributed by atoms with Crippen molar-refractivity contribution in [3.8, 4) is 0 Å². The highest BCUT2D eigenvalue weighted by molar-refractivity contribution is 9.10. The van der Waals surface area contributed by atoms with Crippen LogP contribution in [0.15, 0.2) is 33.6 Å². The minimum Gasteiger partial charge on any atom is -0.480 e. The van der Waals surface area contributed by atoms with Gasteiger partial charge in [0.1, 0.15) is 5.54 Å². The molecule has 0 bridgehead atoms. The third-order valence-corrected chi connectivity index (χ3v) is 4.72. The number of hydrogen-bond donors (Lipinski definition) is 2. The van der Waals surface area contributed by atoms with Crippen molar-refractivity contribution in [2.45, 2.75) is 17.4 Å². The number of carboxylic acids is 1. The van der Waals surface area contributed by atoms with Gasteiger partial charge in [-0.1, -0.05) is 12.1 Å². The van der Waals surface area contributed by atoms with Crippen molar-refractivity contribution in [3.05, 3.63) is 28.7 Å². The van der Waals surface area contributed by atoms with Crippen LogP contribution >= 0.6 is 27.7 Å². The van der Waals surface area contributed by atoms with Crippen LogP contribution in [0.2, 0.25) is 0 Å². The first-order chi connectivity index (χ1) is 7.49. The molecule has 1 aromatic rings. The molecule has 0 radical (unpaired) electrons. The van der Waals surface area contributed by atoms with Gasteiger partial charge in [-0.15, -0.1) is 11.8 Å². The minimum absolute atomic E-state index is 0.474. The van der Waals surface area contributed by atoms with E-state index in [1.807, 2.05) is 24.3 Å². The van der Waals surface area contributed by atoms with Gasteiger partial charge in [0.15, 0.2) is 0 Å². The van der Waals surface area contributed by atoms with Crippen molar-refractivity contribution in [1.29, 1.82) is 0 Å². The normalized spacial score (nSPS) is 14.4. The molecule has 0 saturated carbocycles. The highest BCUT2D eigenvalue weighted by Gasteiger charge is 2.31. The van der Waals surface area contributed by atoms with Gasteiger partial charge in [-0.3, -0.25) is 4.79 Å². The summed E-state index contributed by atoms with van der Waals surface area (Å²) in [6.07, 6.45) is 0. The Labute approximate surface area is 108 Å². The summed E-state index contributed by atoms with van der Waals surface area (Å²) < 4.78 is 0.990. The van der Waals surface area contributed by atoms with E-state index in [1.54, 1.807) is 14.0 Å². The van der Waals surface area contributed by atoms with Crippen LogP contribution < -0.4 is 5.32 Å². The average Bonchev–Trinajstić information content (AvgIpc) is 2.27. The second-order valence-corrected chi connectivity index (χ2v) is 5.48. The lowest BCUT2D eigenvalue weighted by molar-refractivity contribution is -0.142. The molecule has 0 aliphatic heterocycles. The van der Waals surface area contributed by atoms with E-state index in [-0.39, 0.29) is 0 Å². The van der Waals surface area contributed by atoms with Crippen LogP contribution in [0.4, 0.5) is 0 Å². The van der Waals surface area contributed by atoms with Crippen LogP contribution in [0.25, 0.3) is 0 Å². The van der Waals surface area contributed by atoms with E-state index >= 15 is 0 Å². The van der Waals surface area contributed by atoms with Gasteiger partial charge in [0.05, 0.1) is 0 Å². The van der Waals surface area contributed by atoms with E-state index in [9.17, 15) is 4.79 Å². The number of hydrogen-bond acceptors (Lipinski definition) is 3. The molecule has 0 heterocycles. The van der Waals surface area contributed by atoms with Gasteiger partial charge < -0.3 is 10.4 Å². The van der Waals surface area contributed by atoms with Crippen LogP contribution in [-0.2, 0) is 4.79 Å². The molecular weight excluding hydrogens is 290 g/mol. The zero-order valence-electron chi connectivity index (χ0n) is 9.16. The fourth-order valence-electron chi connectivity index (χ4n) is 1.02. The zero-order chi connectivity index (χ0) is 12.2. The van der Waals surface area contributed by atoms with Gasteiger partial charge in [-0.05, 0) is 42.0 Å². The maximum absolute atomic E-state index is 11.1. The Morgan fingerprint density at radius 1 is 1.56 bits per heavy atom. The number of rotatable bonds is 5. The van der Waals surface area contributed by atoms with E-state index in [2.05, 4.69) is 21.2 Å². The molecule has 0 amide bonds. The maximum Gasteiger partial charge on any atom is 0.324 e. The van der Waals surface area contributed by atoms with Crippen molar-refractivity contribution in [2.24, 2.45) is 0 Å². The number of carbonyl (C=O) groups is 1. The lowest BCUT2D eigenvalue weighted by atomic mass is 10.1. The molecule has 0 aliphatic carbocycles. The zero-order valence-corrected chi connectivity index (χ0v) is 11.6. The molecule has 1 rings (SSSR count). The van der Waals surface area contributed by atoms with Crippen LogP contribution in [0.5, 0.6) is 0 Å². The molecule has 0 fully saturated rings. The van der Waals surface area contributed by atoms with E-state index in [0.717, 1.165) is 9.37 Å². The second kappa shape index (κ2) is 5.70. The van der Waals surface area contributed by atoms with Crippen LogP contribution in [0.3, 0.4) is 0 Å². The van der Waals surface area contributed by atoms with Crippen LogP contribution in [-0.4, -0.2) is 29.4 Å². The van der Waals surface area contributed by atoms with Crippen molar-refractivity contribution in [1.82, 2.24) is 5.32 Å². The Morgan fingerprint density at radius 2 is 2.19 bits per heavy atom. The monoisotopic (exact) mass is 303 g/mol. The molecular formula is C11H14BrNO2S. The highest BCUT2D eigenvalue weighted by atomic mass is 79.9. The smallest absolute Gasteiger partial charge is 0.324 e. The Balaban J connectivity index is 2.71. The first-order valence-electron chi connectivity index (χ1n) is 4.79. The van der Waals surface area contributed by atoms with Crippen molar-refractivity contribution >= 4 is 33.7 Å². The summed E-state index contributed by atoms with van der Waals surface area (Å²) in [7, 11) is 1.66. The van der Waals surface area contributed by atoms with Crippen molar-refractivity contribution in [2.75, 3.05) is 12.8 Å². The standard InChI is InChI=1S/C11H14BrNO2S/c1-11(13-2,10(14)15)7-16-9-6-4-3-5-8(9)12/h3-6,13H,7H2,1-2H3,(H,14,15). The number of carboxylic acid groups (broad SMARTS) is 1. The molecule has 0 aliphatic rings. The topological polar surface area (TPSA) is 49.3 Å². The summed E-state index contributed by atoms with van der Waals surface area (Å²) in [6.45, 7) is 1.68. The third-order valence-electron chi connectivity index (χ3n) is 2.38. The van der Waals surface area contributed by atoms with Gasteiger partial charge in [-0.25, -0.2) is 0 Å². The number of halogens is 1. The highest BCUT2D eigenvalue weighted by Crippen LogP contribution is 2.29. The molecule has 88 valence electrons. The molecule has 16 heavy (non-hydrogen) atoms. The molecule has 3 nitrogen and oxygen atoms in total. The molecule has 1 aromatic carbocycles. The van der Waals surface area contributed by atoms with E-state index in [4.69, 9.17) is 5.11 Å². The molecule has 1 unspecified atom stereocenters. The summed E-state index contributed by atoms with van der Waals surface area (Å²) in [5.74, 6) is -0.365. The summed E-state index contributed by atoms with van der Waals surface area (Å²) in [6, 6.07) is 7.78. The molecule has 5 heteroatoms. The SMILES string of the molecule is CNC(C)(CSc1ccccc1Br)C(=O)O. The van der Waals surface area contributed by atoms with Crippen molar-refractivity contribution in [3.63, 3.8) is 0 Å². The lowest BCUT2D eigenvalue weighted by Crippen LogP contribution is -2.49. The Hall–Kier alpha value is -0.520. The molecule has 0 aromatic heterocycles. The fourth-order valence-corrected chi connectivity index (χ4v) is 2.75. The predicted octanol–water partition coefficient (Wildman–Crippen LogP) is 2.60. The molecule has 2 N–H and O–H groups in total. The Kier molecular flexibility index (Phi) is 4.83. The number of nitrogens with one attached hydrogen (secondary N) is 1. The Morgan fingerprint density at radius 3 is 2.69 bits per heavy atom. The average molecular weight is 304 g/mol. The van der Waals surface area contributed by atoms with E-state index in [0.29, 0.717) is 5.75 Å². The minimum atomic E-state index is -0.903. The van der Waals surface area contributed by atoms with Gasteiger partial charge in [0.25, 0.3) is 0 Å². The second-order valence-electron chi connectivity index (χ2n) is 3.61. The summed E-state index contributed by atoms with van der Waals surface area (Å²) in [5, 5.41) is 11.9. The van der Waals surface area contributed by atoms with Gasteiger partial charge in [0.2, 0.25) is 0 Å². The summed E-state index contributed by atoms with van der Waals surface area (Å²) in [4.78, 5) is 12.1. The first kappa shape index (κ1) is 13.5. The first-order valence-corrected chi connectivity index (χ1v) is 6.57. The summed E-state index contributed by atoms with van der Waals surface area (Å²) in [5.41, 5.74) is -0.903. The molecule has 0 spiro atoms. The van der Waals surface area contributed by atoms with Crippen LogP contribution in [0.1, 0.15) is 6.92 Å².